The molecule has 27 heavy (non-hydrogen) atoms. The summed E-state index contributed by atoms with van der Waals surface area (Å²) in [7, 11) is 0. The molecule has 1 aromatic rings. The van der Waals surface area contributed by atoms with Crippen molar-refractivity contribution in [2.24, 2.45) is 0 Å². The molecule has 6 nitrogen and oxygen atoms in total. The van der Waals surface area contributed by atoms with Crippen LogP contribution in [0.3, 0.4) is 0 Å². The molecule has 0 unspecified atom stereocenters. The molecule has 0 aromatic heterocycles. The normalized spacial score (nSPS) is 19.1. The lowest BCUT2D eigenvalue weighted by Crippen LogP contribution is -2.51. The van der Waals surface area contributed by atoms with Gasteiger partial charge in [-0.3, -0.25) is 19.4 Å². The predicted octanol–water partition coefficient (Wildman–Crippen LogP) is 1.87. The standard InChI is InChI=1S/C21H32N4O2/c1-17-7-6-8-19(18(17)2)22-20(26)15-23-11-13-24(14-12-23)16-21(27)25-9-4-3-5-10-25/h6-8H,3-5,9-16H2,1-2H3,(H,22,26). The topological polar surface area (TPSA) is 55.9 Å². The molecule has 1 N–H and O–H groups in total. The molecule has 2 fully saturated rings. The van der Waals surface area contributed by atoms with Crippen molar-refractivity contribution in [3.8, 4) is 0 Å². The van der Waals surface area contributed by atoms with Gasteiger partial charge in [0, 0.05) is 45.0 Å². The first-order chi connectivity index (χ1) is 13.0. The molecule has 1 aromatic carbocycles. The number of piperidine rings is 1. The van der Waals surface area contributed by atoms with Gasteiger partial charge in [0.1, 0.15) is 0 Å². The highest BCUT2D eigenvalue weighted by molar-refractivity contribution is 5.93. The van der Waals surface area contributed by atoms with Crippen LogP contribution in [0.2, 0.25) is 0 Å². The first kappa shape index (κ1) is 19.8. The zero-order valence-corrected chi connectivity index (χ0v) is 16.7. The summed E-state index contributed by atoms with van der Waals surface area (Å²) < 4.78 is 0. The van der Waals surface area contributed by atoms with E-state index in [2.05, 4.69) is 28.1 Å². The van der Waals surface area contributed by atoms with Gasteiger partial charge in [0.05, 0.1) is 13.1 Å². The van der Waals surface area contributed by atoms with Crippen LogP contribution in [-0.2, 0) is 9.59 Å². The van der Waals surface area contributed by atoms with Crippen LogP contribution < -0.4 is 5.32 Å². The maximum atomic E-state index is 12.4. The van der Waals surface area contributed by atoms with Crippen LogP contribution in [0.15, 0.2) is 18.2 Å². The Balaban J connectivity index is 1.40. The number of hydrogen-bond donors (Lipinski definition) is 1. The summed E-state index contributed by atoms with van der Waals surface area (Å²) in [5.41, 5.74) is 3.19. The van der Waals surface area contributed by atoms with Gasteiger partial charge in [0.2, 0.25) is 11.8 Å². The van der Waals surface area contributed by atoms with Gasteiger partial charge in [0.15, 0.2) is 0 Å². The summed E-state index contributed by atoms with van der Waals surface area (Å²) in [5.74, 6) is 0.289. The number of likely N-dealkylation sites (tertiary alicyclic amines) is 1. The number of hydrogen-bond acceptors (Lipinski definition) is 4. The van der Waals surface area contributed by atoms with Crippen LogP contribution in [0.4, 0.5) is 5.69 Å². The Labute approximate surface area is 162 Å². The molecule has 3 rings (SSSR count). The predicted molar refractivity (Wildman–Crippen MR) is 108 cm³/mol. The van der Waals surface area contributed by atoms with Gasteiger partial charge in [-0.1, -0.05) is 12.1 Å². The van der Waals surface area contributed by atoms with E-state index in [1.54, 1.807) is 0 Å². The number of piperazine rings is 1. The summed E-state index contributed by atoms with van der Waals surface area (Å²) in [6.45, 7) is 10.2. The fourth-order valence-electron chi connectivity index (χ4n) is 3.82. The number of nitrogens with one attached hydrogen (secondary N) is 1. The van der Waals surface area contributed by atoms with Crippen molar-refractivity contribution < 1.29 is 9.59 Å². The molecule has 148 valence electrons. The summed E-state index contributed by atoms with van der Waals surface area (Å²) in [6, 6.07) is 5.97. The van der Waals surface area contributed by atoms with E-state index in [1.165, 1.54) is 12.0 Å². The second-order valence-corrected chi connectivity index (χ2v) is 7.79. The Bertz CT molecular complexity index is 662. The van der Waals surface area contributed by atoms with E-state index >= 15 is 0 Å². The molecule has 0 bridgehead atoms. The van der Waals surface area contributed by atoms with Crippen LogP contribution in [0.1, 0.15) is 30.4 Å². The molecule has 2 aliphatic rings. The number of aryl methyl sites for hydroxylation is 1. The Morgan fingerprint density at radius 3 is 2.19 bits per heavy atom. The zero-order chi connectivity index (χ0) is 19.2. The molecule has 2 heterocycles. The van der Waals surface area contributed by atoms with Crippen molar-refractivity contribution in [2.75, 3.05) is 57.7 Å². The Hall–Kier alpha value is -1.92. The lowest BCUT2D eigenvalue weighted by atomic mass is 10.1. The number of nitrogens with zero attached hydrogens (tertiary/aromatic N) is 3. The molecule has 0 aliphatic carbocycles. The number of anilines is 1. The highest BCUT2D eigenvalue weighted by Crippen LogP contribution is 2.18. The molecule has 2 amide bonds. The minimum Gasteiger partial charge on any atom is -0.342 e. The molecular formula is C21H32N4O2. The van der Waals surface area contributed by atoms with Crippen molar-refractivity contribution in [2.45, 2.75) is 33.1 Å². The minimum atomic E-state index is 0.0292. The Morgan fingerprint density at radius 1 is 0.889 bits per heavy atom. The van der Waals surface area contributed by atoms with E-state index in [1.807, 2.05) is 24.0 Å². The quantitative estimate of drug-likeness (QED) is 0.857. The van der Waals surface area contributed by atoms with Gasteiger partial charge >= 0.3 is 0 Å². The first-order valence-electron chi connectivity index (χ1n) is 10.1. The van der Waals surface area contributed by atoms with Crippen LogP contribution in [0, 0.1) is 13.8 Å². The van der Waals surface area contributed by atoms with Crippen molar-refractivity contribution in [3.05, 3.63) is 29.3 Å². The summed E-state index contributed by atoms with van der Waals surface area (Å²) in [6.07, 6.45) is 3.51. The van der Waals surface area contributed by atoms with Crippen LogP contribution >= 0.6 is 0 Å². The molecule has 0 atom stereocenters. The lowest BCUT2D eigenvalue weighted by Gasteiger charge is -2.35. The number of carbonyl (C=O) groups is 2. The van der Waals surface area contributed by atoms with Crippen LogP contribution in [0.25, 0.3) is 0 Å². The monoisotopic (exact) mass is 372 g/mol. The number of carbonyl (C=O) groups excluding carboxylic acids is 2. The molecule has 0 saturated carbocycles. The molecule has 0 spiro atoms. The van der Waals surface area contributed by atoms with Crippen molar-refractivity contribution in [3.63, 3.8) is 0 Å². The van der Waals surface area contributed by atoms with Crippen LogP contribution in [-0.4, -0.2) is 78.9 Å². The summed E-state index contributed by atoms with van der Waals surface area (Å²) in [4.78, 5) is 31.2. The SMILES string of the molecule is Cc1cccc(NC(=O)CN2CCN(CC(=O)N3CCCCC3)CC2)c1C. The second-order valence-electron chi connectivity index (χ2n) is 7.79. The van der Waals surface area contributed by atoms with E-state index in [0.29, 0.717) is 13.1 Å². The molecule has 6 heteroatoms. The van der Waals surface area contributed by atoms with Crippen molar-refractivity contribution in [1.29, 1.82) is 0 Å². The van der Waals surface area contributed by atoms with E-state index in [9.17, 15) is 9.59 Å². The highest BCUT2D eigenvalue weighted by Gasteiger charge is 2.23. The highest BCUT2D eigenvalue weighted by atomic mass is 16.2. The fourth-order valence-corrected chi connectivity index (χ4v) is 3.82. The van der Waals surface area contributed by atoms with E-state index in [-0.39, 0.29) is 11.8 Å². The third-order valence-corrected chi connectivity index (χ3v) is 5.78. The van der Waals surface area contributed by atoms with Gasteiger partial charge in [-0.15, -0.1) is 0 Å². The van der Waals surface area contributed by atoms with Gasteiger partial charge in [-0.05, 0) is 50.3 Å². The lowest BCUT2D eigenvalue weighted by molar-refractivity contribution is -0.134. The van der Waals surface area contributed by atoms with Gasteiger partial charge < -0.3 is 10.2 Å². The van der Waals surface area contributed by atoms with Gasteiger partial charge in [-0.25, -0.2) is 0 Å². The smallest absolute Gasteiger partial charge is 0.238 e. The Morgan fingerprint density at radius 2 is 1.52 bits per heavy atom. The van der Waals surface area contributed by atoms with Crippen LogP contribution in [0.5, 0.6) is 0 Å². The van der Waals surface area contributed by atoms with E-state index in [4.69, 9.17) is 0 Å². The molecule has 0 radical (unpaired) electrons. The van der Waals surface area contributed by atoms with Gasteiger partial charge in [-0.2, -0.15) is 0 Å². The fraction of sp³-hybridized carbons (Fsp3) is 0.619. The largest absolute Gasteiger partial charge is 0.342 e. The first-order valence-corrected chi connectivity index (χ1v) is 10.1. The maximum absolute atomic E-state index is 12.4. The van der Waals surface area contributed by atoms with Gasteiger partial charge in [0.25, 0.3) is 0 Å². The summed E-state index contributed by atoms with van der Waals surface area (Å²) in [5, 5.41) is 3.03. The molecule has 2 saturated heterocycles. The summed E-state index contributed by atoms with van der Waals surface area (Å²) >= 11 is 0. The number of benzene rings is 1. The van der Waals surface area contributed by atoms with E-state index < -0.39 is 0 Å². The average molecular weight is 373 g/mol. The minimum absolute atomic E-state index is 0.0292. The maximum Gasteiger partial charge on any atom is 0.238 e. The third kappa shape index (κ3) is 5.53. The number of amides is 2. The molecule has 2 aliphatic heterocycles. The molecular weight excluding hydrogens is 340 g/mol. The zero-order valence-electron chi connectivity index (χ0n) is 16.7. The average Bonchev–Trinajstić information content (AvgIpc) is 2.67. The second kappa shape index (κ2) is 9.33. The van der Waals surface area contributed by atoms with Crippen molar-refractivity contribution >= 4 is 17.5 Å². The van der Waals surface area contributed by atoms with E-state index in [0.717, 1.165) is 63.4 Å². The Kier molecular flexibility index (Phi) is 6.85. The number of rotatable bonds is 5. The van der Waals surface area contributed by atoms with Crippen molar-refractivity contribution in [1.82, 2.24) is 14.7 Å². The third-order valence-electron chi connectivity index (χ3n) is 5.78.